The quantitative estimate of drug-likeness (QED) is 0.730. The summed E-state index contributed by atoms with van der Waals surface area (Å²) in [5, 5.41) is 4.06. The molecular formula is C18H14Cl2N2O3S. The van der Waals surface area contributed by atoms with Crippen molar-refractivity contribution in [2.24, 2.45) is 4.99 Å². The van der Waals surface area contributed by atoms with E-state index in [4.69, 9.17) is 32.7 Å². The van der Waals surface area contributed by atoms with Gasteiger partial charge in [0.15, 0.2) is 16.7 Å². The van der Waals surface area contributed by atoms with Crippen molar-refractivity contribution in [3.05, 3.63) is 56.9 Å². The maximum atomic E-state index is 12.2. The van der Waals surface area contributed by atoms with E-state index in [0.717, 1.165) is 5.56 Å². The largest absolute Gasteiger partial charge is 0.493 e. The zero-order valence-electron chi connectivity index (χ0n) is 13.9. The standard InChI is InChI=1S/C18H14Cl2N2O3S/c1-24-14-6-3-10(7-15(14)25-2)8-16-17(23)22-18(26-16)21-11-4-5-12(19)13(20)9-11/h3-9H,1-2H3,(H,21,22,23). The minimum atomic E-state index is -0.219. The molecular weight excluding hydrogens is 395 g/mol. The number of carbonyl (C=O) groups excluding carboxylic acids is 1. The highest BCUT2D eigenvalue weighted by molar-refractivity contribution is 8.18. The minimum absolute atomic E-state index is 0.219. The number of halogens is 2. The number of nitrogens with zero attached hydrogens (tertiary/aromatic N) is 1. The summed E-state index contributed by atoms with van der Waals surface area (Å²) in [7, 11) is 3.13. The molecule has 2 aromatic rings. The molecule has 1 amide bonds. The lowest BCUT2D eigenvalue weighted by molar-refractivity contribution is -0.115. The number of benzene rings is 2. The van der Waals surface area contributed by atoms with Gasteiger partial charge in [0.05, 0.1) is 34.9 Å². The van der Waals surface area contributed by atoms with Gasteiger partial charge in [0.2, 0.25) is 0 Å². The highest BCUT2D eigenvalue weighted by Crippen LogP contribution is 2.33. The zero-order valence-corrected chi connectivity index (χ0v) is 16.2. The van der Waals surface area contributed by atoms with E-state index in [2.05, 4.69) is 10.3 Å². The number of amidine groups is 1. The van der Waals surface area contributed by atoms with Crippen LogP contribution in [0.2, 0.25) is 10.0 Å². The number of thioether (sulfide) groups is 1. The summed E-state index contributed by atoms with van der Waals surface area (Å²) in [5.41, 5.74) is 1.42. The minimum Gasteiger partial charge on any atom is -0.493 e. The molecule has 1 fully saturated rings. The molecule has 1 saturated heterocycles. The van der Waals surface area contributed by atoms with Crippen LogP contribution in [0.5, 0.6) is 11.5 Å². The normalized spacial score (nSPS) is 16.8. The first kappa shape index (κ1) is 18.6. The Balaban J connectivity index is 1.84. The Bertz CT molecular complexity index is 929. The highest BCUT2D eigenvalue weighted by atomic mass is 35.5. The van der Waals surface area contributed by atoms with Crippen molar-refractivity contribution in [2.75, 3.05) is 14.2 Å². The topological polar surface area (TPSA) is 59.9 Å². The predicted molar refractivity (Wildman–Crippen MR) is 107 cm³/mol. The summed E-state index contributed by atoms with van der Waals surface area (Å²) in [6.07, 6.45) is 1.76. The molecule has 2 aromatic carbocycles. The van der Waals surface area contributed by atoms with E-state index < -0.39 is 0 Å². The first-order valence-corrected chi connectivity index (χ1v) is 9.04. The molecule has 1 aliphatic rings. The van der Waals surface area contributed by atoms with Gasteiger partial charge >= 0.3 is 0 Å². The maximum absolute atomic E-state index is 12.2. The Morgan fingerprint density at radius 2 is 1.81 bits per heavy atom. The van der Waals surface area contributed by atoms with Crippen LogP contribution in [0.3, 0.4) is 0 Å². The average molecular weight is 409 g/mol. The van der Waals surface area contributed by atoms with Gasteiger partial charge in [-0.1, -0.05) is 29.3 Å². The second-order valence-electron chi connectivity index (χ2n) is 5.19. The van der Waals surface area contributed by atoms with Crippen molar-refractivity contribution >= 4 is 57.8 Å². The van der Waals surface area contributed by atoms with Crippen molar-refractivity contribution in [3.8, 4) is 11.5 Å². The van der Waals surface area contributed by atoms with Gasteiger partial charge in [-0.15, -0.1) is 0 Å². The van der Waals surface area contributed by atoms with Gasteiger partial charge in [0, 0.05) is 0 Å². The third kappa shape index (κ3) is 4.15. The number of aliphatic imine (C=N–C) groups is 1. The number of methoxy groups -OCH3 is 2. The van der Waals surface area contributed by atoms with Gasteiger partial charge in [-0.25, -0.2) is 4.99 Å². The van der Waals surface area contributed by atoms with Gasteiger partial charge in [0.25, 0.3) is 5.91 Å². The van der Waals surface area contributed by atoms with E-state index in [-0.39, 0.29) is 5.91 Å². The number of ether oxygens (including phenoxy) is 2. The first-order valence-electron chi connectivity index (χ1n) is 7.47. The first-order chi connectivity index (χ1) is 12.5. The second kappa shape index (κ2) is 8.03. The van der Waals surface area contributed by atoms with Crippen LogP contribution in [-0.2, 0) is 4.79 Å². The van der Waals surface area contributed by atoms with E-state index in [1.807, 2.05) is 6.07 Å². The third-order valence-electron chi connectivity index (χ3n) is 3.49. The van der Waals surface area contributed by atoms with Crippen LogP contribution in [0.1, 0.15) is 5.56 Å². The van der Waals surface area contributed by atoms with Gasteiger partial charge in [-0.3, -0.25) is 4.79 Å². The number of carbonyl (C=O) groups is 1. The lowest BCUT2D eigenvalue weighted by Gasteiger charge is -2.07. The molecule has 26 heavy (non-hydrogen) atoms. The molecule has 1 heterocycles. The van der Waals surface area contributed by atoms with Crippen molar-refractivity contribution in [1.29, 1.82) is 0 Å². The number of rotatable bonds is 4. The summed E-state index contributed by atoms with van der Waals surface area (Å²) < 4.78 is 10.5. The van der Waals surface area contributed by atoms with Crippen LogP contribution < -0.4 is 14.8 Å². The highest BCUT2D eigenvalue weighted by Gasteiger charge is 2.24. The lowest BCUT2D eigenvalue weighted by atomic mass is 10.2. The Hall–Kier alpha value is -2.15. The van der Waals surface area contributed by atoms with Crippen LogP contribution in [0, 0.1) is 0 Å². The monoisotopic (exact) mass is 408 g/mol. The molecule has 1 aliphatic heterocycles. The molecule has 3 rings (SSSR count). The van der Waals surface area contributed by atoms with Crippen LogP contribution in [-0.4, -0.2) is 25.3 Å². The molecule has 0 saturated carbocycles. The van der Waals surface area contributed by atoms with Gasteiger partial charge in [-0.2, -0.15) is 0 Å². The van der Waals surface area contributed by atoms with Crippen molar-refractivity contribution in [1.82, 2.24) is 5.32 Å². The molecule has 1 N–H and O–H groups in total. The summed E-state index contributed by atoms with van der Waals surface area (Å²) >= 11 is 13.1. The van der Waals surface area contributed by atoms with E-state index in [1.165, 1.54) is 11.8 Å². The Labute approximate surface area is 165 Å². The van der Waals surface area contributed by atoms with Gasteiger partial charge in [-0.05, 0) is 53.7 Å². The number of hydrogen-bond acceptors (Lipinski definition) is 5. The lowest BCUT2D eigenvalue weighted by Crippen LogP contribution is -2.19. The smallest absolute Gasteiger partial charge is 0.264 e. The van der Waals surface area contributed by atoms with Crippen molar-refractivity contribution in [3.63, 3.8) is 0 Å². The van der Waals surface area contributed by atoms with Crippen LogP contribution >= 0.6 is 35.0 Å². The molecule has 0 unspecified atom stereocenters. The zero-order chi connectivity index (χ0) is 18.7. The Morgan fingerprint density at radius 3 is 2.50 bits per heavy atom. The summed E-state index contributed by atoms with van der Waals surface area (Å²) in [6.45, 7) is 0. The SMILES string of the molecule is COc1ccc(C=C2SC(=Nc3ccc(Cl)c(Cl)c3)NC2=O)cc1OC. The molecule has 0 aliphatic carbocycles. The number of nitrogens with one attached hydrogen (secondary N) is 1. The van der Waals surface area contributed by atoms with E-state index in [9.17, 15) is 4.79 Å². The van der Waals surface area contributed by atoms with Gasteiger partial charge < -0.3 is 14.8 Å². The molecule has 0 aromatic heterocycles. The molecule has 0 atom stereocenters. The third-order valence-corrected chi connectivity index (χ3v) is 5.14. The molecule has 5 nitrogen and oxygen atoms in total. The van der Waals surface area contributed by atoms with Crippen LogP contribution in [0.25, 0.3) is 6.08 Å². The van der Waals surface area contributed by atoms with E-state index in [1.54, 1.807) is 50.6 Å². The molecule has 0 radical (unpaired) electrons. The number of amides is 1. The Morgan fingerprint density at radius 1 is 1.04 bits per heavy atom. The van der Waals surface area contributed by atoms with Crippen molar-refractivity contribution < 1.29 is 14.3 Å². The van der Waals surface area contributed by atoms with E-state index >= 15 is 0 Å². The van der Waals surface area contributed by atoms with Crippen LogP contribution in [0.4, 0.5) is 5.69 Å². The second-order valence-corrected chi connectivity index (χ2v) is 7.04. The molecule has 8 heteroatoms. The summed E-state index contributed by atoms with van der Waals surface area (Å²) in [4.78, 5) is 17.1. The van der Waals surface area contributed by atoms with Crippen LogP contribution in [0.15, 0.2) is 46.3 Å². The molecule has 0 bridgehead atoms. The average Bonchev–Trinajstić information content (AvgIpc) is 2.97. The Kier molecular flexibility index (Phi) is 5.76. The van der Waals surface area contributed by atoms with Crippen molar-refractivity contribution in [2.45, 2.75) is 0 Å². The van der Waals surface area contributed by atoms with E-state index in [0.29, 0.717) is 37.3 Å². The fraction of sp³-hybridized carbons (Fsp3) is 0.111. The molecule has 134 valence electrons. The molecule has 0 spiro atoms. The maximum Gasteiger partial charge on any atom is 0.264 e. The summed E-state index contributed by atoms with van der Waals surface area (Å²) in [6, 6.07) is 10.5. The van der Waals surface area contributed by atoms with Gasteiger partial charge in [0.1, 0.15) is 0 Å². The number of hydrogen-bond donors (Lipinski definition) is 1. The predicted octanol–water partition coefficient (Wildman–Crippen LogP) is 4.90. The fourth-order valence-electron chi connectivity index (χ4n) is 2.25. The fourth-order valence-corrected chi connectivity index (χ4v) is 3.38. The summed E-state index contributed by atoms with van der Waals surface area (Å²) in [5.74, 6) is 0.999.